The van der Waals surface area contributed by atoms with Crippen molar-refractivity contribution >= 4 is 35.0 Å². The summed E-state index contributed by atoms with van der Waals surface area (Å²) >= 11 is 0. The fourth-order valence-corrected chi connectivity index (χ4v) is 3.42. The molecule has 3 rings (SSSR count). The van der Waals surface area contributed by atoms with E-state index in [1.54, 1.807) is 12.1 Å². The molecule has 33 heavy (non-hydrogen) atoms. The van der Waals surface area contributed by atoms with Gasteiger partial charge in [-0.05, 0) is 12.1 Å². The highest BCUT2D eigenvalue weighted by molar-refractivity contribution is 6.31. The van der Waals surface area contributed by atoms with Crippen LogP contribution in [0.25, 0.3) is 0 Å². The first kappa shape index (κ1) is 23.3. The second kappa shape index (κ2) is 10.3. The largest absolute Gasteiger partial charge is 0.619 e. The van der Waals surface area contributed by atoms with E-state index in [0.717, 1.165) is 6.20 Å². The smallest absolute Gasteiger partial charge is 0.314 e. The number of anilines is 2. The number of nitrogens with one attached hydrogen (secondary N) is 6. The molecule has 0 radical (unpaired) electrons. The van der Waals surface area contributed by atoms with Gasteiger partial charge in [0, 0.05) is 63.3 Å². The number of fused-ring (bicyclic) bond motifs is 2. The van der Waals surface area contributed by atoms with E-state index >= 15 is 0 Å². The molecule has 174 valence electrons. The van der Waals surface area contributed by atoms with Crippen LogP contribution >= 0.6 is 0 Å². The Balaban J connectivity index is 1.90. The lowest BCUT2D eigenvalue weighted by Gasteiger charge is -2.23. The lowest BCUT2D eigenvalue weighted by Crippen LogP contribution is -2.36. The molecule has 0 aliphatic heterocycles. The first-order valence-electron chi connectivity index (χ1n) is 10.3. The van der Waals surface area contributed by atoms with Gasteiger partial charge in [-0.25, -0.2) is 9.59 Å². The molecular formula is C21H25N7O5. The second-order valence-corrected chi connectivity index (χ2v) is 7.07. The first-order chi connectivity index (χ1) is 15.9. The number of urea groups is 2. The highest BCUT2D eigenvalue weighted by atomic mass is 16.5. The van der Waals surface area contributed by atoms with Crippen molar-refractivity contribution in [3.8, 4) is 0 Å². The van der Waals surface area contributed by atoms with Crippen LogP contribution in [-0.2, 0) is 0 Å². The number of carbonyl (C=O) groups excluding carboxylic acids is 4. The Kier molecular flexibility index (Phi) is 7.28. The average Bonchev–Trinajstić information content (AvgIpc) is 2.82. The third kappa shape index (κ3) is 5.11. The summed E-state index contributed by atoms with van der Waals surface area (Å²) in [5.74, 6) is -0.854. The van der Waals surface area contributed by atoms with Gasteiger partial charge in [0.25, 0.3) is 0 Å². The molecule has 4 amide bonds. The number of rotatable bonds is 8. The maximum Gasteiger partial charge on any atom is 0.314 e. The van der Waals surface area contributed by atoms with E-state index in [9.17, 15) is 24.4 Å². The zero-order valence-electron chi connectivity index (χ0n) is 18.2. The molecule has 1 aliphatic rings. The van der Waals surface area contributed by atoms with E-state index in [4.69, 9.17) is 0 Å². The van der Waals surface area contributed by atoms with Gasteiger partial charge in [0.15, 0.2) is 18.2 Å². The van der Waals surface area contributed by atoms with E-state index in [0.29, 0.717) is 29.2 Å². The van der Waals surface area contributed by atoms with Crippen molar-refractivity contribution in [1.29, 1.82) is 0 Å². The summed E-state index contributed by atoms with van der Waals surface area (Å²) < 4.78 is 0.474. The van der Waals surface area contributed by atoms with E-state index in [2.05, 4.69) is 31.9 Å². The maximum atomic E-state index is 13.3. The van der Waals surface area contributed by atoms with Crippen LogP contribution < -0.4 is 36.6 Å². The van der Waals surface area contributed by atoms with E-state index in [1.165, 1.54) is 26.4 Å². The second-order valence-electron chi connectivity index (χ2n) is 7.07. The molecule has 12 nitrogen and oxygen atoms in total. The van der Waals surface area contributed by atoms with E-state index in [1.807, 2.05) is 0 Å². The zero-order chi connectivity index (χ0) is 24.0. The monoisotopic (exact) mass is 455 g/mol. The molecule has 0 saturated heterocycles. The fraction of sp³-hybridized carbons (Fsp3) is 0.286. The van der Waals surface area contributed by atoms with Crippen LogP contribution in [0.2, 0.25) is 0 Å². The van der Waals surface area contributed by atoms with Crippen molar-refractivity contribution in [2.75, 3.05) is 50.9 Å². The van der Waals surface area contributed by atoms with Gasteiger partial charge < -0.3 is 37.1 Å². The van der Waals surface area contributed by atoms with Gasteiger partial charge in [-0.3, -0.25) is 9.59 Å². The standard InChI is InChI=1S/C21H25N7O5/c1-22-20(31)26-8-6-24-14-3-4-15(25-7-9-27-21(32)23-2)17-16(14)18(29)12-5-10-28(33)11-13(12)19(17)30/h3-5,10-11,24-25H,6-9H2,1-2H3,(H2,22,26,31)(H2,23,27,32). The predicted octanol–water partition coefficient (Wildman–Crippen LogP) is -0.223. The third-order valence-corrected chi connectivity index (χ3v) is 4.99. The molecule has 0 atom stereocenters. The van der Waals surface area contributed by atoms with Crippen LogP contribution in [0.5, 0.6) is 0 Å². The molecule has 0 spiro atoms. The van der Waals surface area contributed by atoms with Crippen molar-refractivity contribution in [3.63, 3.8) is 0 Å². The number of pyridine rings is 1. The zero-order valence-corrected chi connectivity index (χ0v) is 18.2. The number of carbonyl (C=O) groups is 4. The molecule has 1 aliphatic carbocycles. The third-order valence-electron chi connectivity index (χ3n) is 4.99. The molecule has 0 fully saturated rings. The number of benzene rings is 1. The number of amides is 4. The van der Waals surface area contributed by atoms with Crippen molar-refractivity contribution in [3.05, 3.63) is 58.1 Å². The molecular weight excluding hydrogens is 430 g/mol. The minimum Gasteiger partial charge on any atom is -0.619 e. The molecule has 1 aromatic carbocycles. The summed E-state index contributed by atoms with van der Waals surface area (Å²) in [6, 6.07) is 3.96. The number of hydrogen-bond acceptors (Lipinski definition) is 7. The maximum absolute atomic E-state index is 13.3. The van der Waals surface area contributed by atoms with E-state index < -0.39 is 11.6 Å². The molecule has 1 heterocycles. The summed E-state index contributed by atoms with van der Waals surface area (Å²) in [5, 5.41) is 28.0. The molecule has 12 heteroatoms. The lowest BCUT2D eigenvalue weighted by molar-refractivity contribution is -0.605. The Labute approximate surface area is 189 Å². The summed E-state index contributed by atoms with van der Waals surface area (Å²) in [7, 11) is 3.00. The Morgan fingerprint density at radius 2 is 1.27 bits per heavy atom. The predicted molar refractivity (Wildman–Crippen MR) is 121 cm³/mol. The molecule has 0 unspecified atom stereocenters. The van der Waals surface area contributed by atoms with Crippen LogP contribution in [0.15, 0.2) is 30.6 Å². The molecule has 2 aromatic rings. The Morgan fingerprint density at radius 1 is 0.788 bits per heavy atom. The van der Waals surface area contributed by atoms with Gasteiger partial charge in [-0.15, -0.1) is 0 Å². The number of hydrogen-bond donors (Lipinski definition) is 6. The van der Waals surface area contributed by atoms with Crippen molar-refractivity contribution < 1.29 is 23.9 Å². The topological polar surface area (TPSA) is 167 Å². The Morgan fingerprint density at radius 3 is 1.76 bits per heavy atom. The number of nitrogens with zero attached hydrogens (tertiary/aromatic N) is 1. The average molecular weight is 455 g/mol. The summed E-state index contributed by atoms with van der Waals surface area (Å²) in [6.07, 6.45) is 2.25. The first-order valence-corrected chi connectivity index (χ1v) is 10.3. The lowest BCUT2D eigenvalue weighted by atomic mass is 9.83. The van der Waals surface area contributed by atoms with Crippen molar-refractivity contribution in [1.82, 2.24) is 21.3 Å². The van der Waals surface area contributed by atoms with Gasteiger partial charge in [0.2, 0.25) is 5.78 Å². The highest BCUT2D eigenvalue weighted by Crippen LogP contribution is 2.36. The van der Waals surface area contributed by atoms with Crippen LogP contribution in [0.4, 0.5) is 21.0 Å². The molecule has 1 aromatic heterocycles. The quantitative estimate of drug-likeness (QED) is 0.155. The van der Waals surface area contributed by atoms with E-state index in [-0.39, 0.29) is 47.4 Å². The van der Waals surface area contributed by atoms with Crippen LogP contribution in [0.1, 0.15) is 31.8 Å². The molecule has 0 saturated carbocycles. The van der Waals surface area contributed by atoms with Crippen molar-refractivity contribution in [2.24, 2.45) is 0 Å². The number of aromatic nitrogens is 1. The minimum atomic E-state index is -0.460. The summed E-state index contributed by atoms with van der Waals surface area (Å²) in [5.41, 5.74) is 1.33. The Bertz CT molecular complexity index is 1100. The van der Waals surface area contributed by atoms with Crippen molar-refractivity contribution in [2.45, 2.75) is 0 Å². The van der Waals surface area contributed by atoms with Crippen LogP contribution in [-0.4, -0.2) is 63.9 Å². The fourth-order valence-electron chi connectivity index (χ4n) is 3.42. The molecule has 6 N–H and O–H groups in total. The highest BCUT2D eigenvalue weighted by Gasteiger charge is 2.35. The van der Waals surface area contributed by atoms with Gasteiger partial charge in [-0.1, -0.05) is 0 Å². The minimum absolute atomic E-state index is 0.0231. The summed E-state index contributed by atoms with van der Waals surface area (Å²) in [6.45, 7) is 1.17. The normalized spacial score (nSPS) is 11.7. The van der Waals surface area contributed by atoms with Gasteiger partial charge in [0.1, 0.15) is 0 Å². The van der Waals surface area contributed by atoms with Gasteiger partial charge >= 0.3 is 12.1 Å². The van der Waals surface area contributed by atoms with Crippen LogP contribution in [0, 0.1) is 5.21 Å². The Hall–Kier alpha value is -4.35. The summed E-state index contributed by atoms with van der Waals surface area (Å²) in [4.78, 5) is 49.3. The van der Waals surface area contributed by atoms with Gasteiger partial charge in [-0.2, -0.15) is 4.73 Å². The SMILES string of the molecule is CNC(=O)NCCNc1ccc(NCCNC(=O)NC)c2c1C(=O)c1cc[n+]([O-])cc1C2=O. The number of ketones is 2. The van der Waals surface area contributed by atoms with Gasteiger partial charge in [0.05, 0.1) is 16.7 Å². The molecule has 0 bridgehead atoms. The van der Waals surface area contributed by atoms with Crippen LogP contribution in [0.3, 0.4) is 0 Å².